The Morgan fingerprint density at radius 2 is 1.73 bits per heavy atom. The highest BCUT2D eigenvalue weighted by Gasteiger charge is 2.41. The van der Waals surface area contributed by atoms with Gasteiger partial charge in [-0.1, -0.05) is 48.0 Å². The first-order valence-corrected chi connectivity index (χ1v) is 10.3. The Kier molecular flexibility index (Phi) is 4.55. The molecule has 2 aliphatic rings. The zero-order chi connectivity index (χ0) is 20.7. The number of rotatable bonds is 3. The summed E-state index contributed by atoms with van der Waals surface area (Å²) in [6.45, 7) is 1.88. The second-order valence-electron chi connectivity index (χ2n) is 7.64. The van der Waals surface area contributed by atoms with Crippen LogP contribution in [-0.2, 0) is 10.3 Å². The van der Waals surface area contributed by atoms with Crippen LogP contribution in [0.15, 0.2) is 71.7 Å². The molecule has 0 saturated heterocycles. The number of benzene rings is 3. The molecule has 0 aliphatic carbocycles. The lowest BCUT2D eigenvalue weighted by Crippen LogP contribution is -2.31. The molecule has 0 spiro atoms. The first-order valence-electron chi connectivity index (χ1n) is 9.88. The van der Waals surface area contributed by atoms with E-state index in [1.807, 2.05) is 36.4 Å². The Morgan fingerprint density at radius 1 is 0.967 bits per heavy atom. The van der Waals surface area contributed by atoms with E-state index in [-0.39, 0.29) is 6.02 Å². The van der Waals surface area contributed by atoms with Crippen molar-refractivity contribution in [3.63, 3.8) is 0 Å². The molecule has 2 N–H and O–H groups in total. The van der Waals surface area contributed by atoms with E-state index >= 15 is 0 Å². The van der Waals surface area contributed by atoms with Crippen molar-refractivity contribution < 1.29 is 9.47 Å². The van der Waals surface area contributed by atoms with Crippen LogP contribution in [0.5, 0.6) is 5.75 Å². The number of likely N-dealkylation sites (N-methyl/N-ethyl adjacent to an activating group) is 1. The van der Waals surface area contributed by atoms with Crippen molar-refractivity contribution in [3.05, 3.63) is 82.9 Å². The second kappa shape index (κ2) is 7.26. The number of aliphatic imine (C=N–C) groups is 1. The standard InChI is InChI=1S/C24H22ClN3O2/c1-28-10-11-29-22-9-8-19(14-21(22)28)24(15-30-23(26)27-24)18-6-2-4-16(12-18)17-5-3-7-20(25)13-17/h2-9,12-14H,10-11,15H2,1H3,(H2,26,27). The van der Waals surface area contributed by atoms with Gasteiger partial charge in [-0.2, -0.15) is 0 Å². The largest absolute Gasteiger partial charge is 0.490 e. The van der Waals surface area contributed by atoms with Gasteiger partial charge in [0.15, 0.2) is 5.54 Å². The number of amidine groups is 1. The second-order valence-corrected chi connectivity index (χ2v) is 8.08. The van der Waals surface area contributed by atoms with Gasteiger partial charge in [-0.3, -0.25) is 0 Å². The van der Waals surface area contributed by atoms with E-state index in [1.165, 1.54) is 0 Å². The van der Waals surface area contributed by atoms with Crippen LogP contribution in [0, 0.1) is 0 Å². The van der Waals surface area contributed by atoms with Crippen molar-refractivity contribution in [1.82, 2.24) is 0 Å². The maximum atomic E-state index is 6.21. The predicted octanol–water partition coefficient (Wildman–Crippen LogP) is 4.42. The number of nitrogens with zero attached hydrogens (tertiary/aromatic N) is 2. The van der Waals surface area contributed by atoms with Gasteiger partial charge < -0.3 is 20.1 Å². The highest BCUT2D eigenvalue weighted by Crippen LogP contribution is 2.42. The number of halogens is 1. The van der Waals surface area contributed by atoms with Gasteiger partial charge in [0, 0.05) is 12.1 Å². The fourth-order valence-electron chi connectivity index (χ4n) is 4.13. The fraction of sp³-hybridized carbons (Fsp3) is 0.208. The Labute approximate surface area is 180 Å². The van der Waals surface area contributed by atoms with Crippen molar-refractivity contribution in [2.45, 2.75) is 5.54 Å². The van der Waals surface area contributed by atoms with Crippen LogP contribution >= 0.6 is 11.6 Å². The van der Waals surface area contributed by atoms with Crippen LogP contribution in [0.3, 0.4) is 0 Å². The molecule has 3 aromatic rings. The fourth-order valence-corrected chi connectivity index (χ4v) is 4.32. The highest BCUT2D eigenvalue weighted by atomic mass is 35.5. The van der Waals surface area contributed by atoms with Crippen molar-refractivity contribution in [2.24, 2.45) is 10.7 Å². The van der Waals surface area contributed by atoms with E-state index in [9.17, 15) is 0 Å². The van der Waals surface area contributed by atoms with Crippen LogP contribution < -0.4 is 15.4 Å². The molecular formula is C24H22ClN3O2. The molecule has 30 heavy (non-hydrogen) atoms. The maximum Gasteiger partial charge on any atom is 0.283 e. The first kappa shape index (κ1) is 18.8. The monoisotopic (exact) mass is 419 g/mol. The van der Waals surface area contributed by atoms with Crippen LogP contribution in [0.25, 0.3) is 11.1 Å². The summed E-state index contributed by atoms with van der Waals surface area (Å²) in [6.07, 6.45) is 0. The molecule has 1 atom stereocenters. The van der Waals surface area contributed by atoms with Gasteiger partial charge in [-0.15, -0.1) is 0 Å². The molecule has 6 heteroatoms. The predicted molar refractivity (Wildman–Crippen MR) is 120 cm³/mol. The Morgan fingerprint density at radius 3 is 2.50 bits per heavy atom. The van der Waals surface area contributed by atoms with Gasteiger partial charge in [0.2, 0.25) is 0 Å². The molecule has 5 nitrogen and oxygen atoms in total. The minimum absolute atomic E-state index is 0.200. The highest BCUT2D eigenvalue weighted by molar-refractivity contribution is 6.30. The normalized spacial score (nSPS) is 20.2. The lowest BCUT2D eigenvalue weighted by molar-refractivity contribution is 0.278. The topological polar surface area (TPSA) is 60.1 Å². The minimum atomic E-state index is -0.716. The average Bonchev–Trinajstić information content (AvgIpc) is 3.17. The number of nitrogens with two attached hydrogens (primary N) is 1. The third-order valence-corrected chi connectivity index (χ3v) is 6.00. The molecule has 2 heterocycles. The van der Waals surface area contributed by atoms with E-state index in [4.69, 9.17) is 31.8 Å². The molecule has 0 amide bonds. The van der Waals surface area contributed by atoms with Crippen molar-refractivity contribution in [3.8, 4) is 16.9 Å². The molecular weight excluding hydrogens is 398 g/mol. The summed E-state index contributed by atoms with van der Waals surface area (Å²) in [4.78, 5) is 6.97. The smallest absolute Gasteiger partial charge is 0.283 e. The van der Waals surface area contributed by atoms with E-state index < -0.39 is 5.54 Å². The summed E-state index contributed by atoms with van der Waals surface area (Å²) < 4.78 is 11.5. The zero-order valence-corrected chi connectivity index (χ0v) is 17.4. The van der Waals surface area contributed by atoms with Crippen molar-refractivity contribution >= 4 is 23.3 Å². The third-order valence-electron chi connectivity index (χ3n) is 5.76. The zero-order valence-electron chi connectivity index (χ0n) is 16.6. The van der Waals surface area contributed by atoms with Gasteiger partial charge >= 0.3 is 0 Å². The summed E-state index contributed by atoms with van der Waals surface area (Å²) in [6, 6.07) is 22.5. The Balaban J connectivity index is 1.65. The molecule has 5 rings (SSSR count). The van der Waals surface area contributed by atoms with Gasteiger partial charge in [0.05, 0.1) is 12.2 Å². The van der Waals surface area contributed by atoms with Crippen LogP contribution in [0.1, 0.15) is 11.1 Å². The van der Waals surface area contributed by atoms with Gasteiger partial charge in [0.25, 0.3) is 6.02 Å². The first-order chi connectivity index (χ1) is 14.5. The number of anilines is 1. The molecule has 0 fully saturated rings. The van der Waals surface area contributed by atoms with Crippen LogP contribution in [-0.4, -0.2) is 32.8 Å². The molecule has 2 aliphatic heterocycles. The number of ether oxygens (including phenoxy) is 2. The molecule has 152 valence electrons. The summed E-state index contributed by atoms with van der Waals surface area (Å²) in [5.41, 5.74) is 10.5. The Bertz CT molecular complexity index is 1150. The molecule has 3 aromatic carbocycles. The van der Waals surface area contributed by atoms with Gasteiger partial charge in [0.1, 0.15) is 19.0 Å². The van der Waals surface area contributed by atoms with Crippen LogP contribution in [0.2, 0.25) is 5.02 Å². The Hall–Kier alpha value is -3.18. The van der Waals surface area contributed by atoms with Gasteiger partial charge in [-0.25, -0.2) is 4.99 Å². The summed E-state index contributed by atoms with van der Waals surface area (Å²) in [7, 11) is 2.07. The van der Waals surface area contributed by atoms with E-state index in [0.29, 0.717) is 18.2 Å². The van der Waals surface area contributed by atoms with Gasteiger partial charge in [-0.05, 0) is 52.6 Å². The SMILES string of the molecule is CN1CCOc2ccc(C3(c4cccc(-c5cccc(Cl)c5)c4)COC(N)=N3)cc21. The molecule has 0 bridgehead atoms. The molecule has 1 unspecified atom stereocenters. The molecule has 0 aromatic heterocycles. The number of hydrogen-bond acceptors (Lipinski definition) is 5. The van der Waals surface area contributed by atoms with Crippen molar-refractivity contribution in [2.75, 3.05) is 31.7 Å². The quantitative estimate of drug-likeness (QED) is 0.682. The third kappa shape index (κ3) is 3.15. The van der Waals surface area contributed by atoms with Crippen LogP contribution in [0.4, 0.5) is 5.69 Å². The lowest BCUT2D eigenvalue weighted by Gasteiger charge is -2.31. The summed E-state index contributed by atoms with van der Waals surface area (Å²) >= 11 is 6.21. The summed E-state index contributed by atoms with van der Waals surface area (Å²) in [5, 5.41) is 0.705. The van der Waals surface area contributed by atoms with E-state index in [2.05, 4.69) is 42.3 Å². The number of hydrogen-bond donors (Lipinski definition) is 1. The average molecular weight is 420 g/mol. The van der Waals surface area contributed by atoms with E-state index in [0.717, 1.165) is 40.2 Å². The lowest BCUT2D eigenvalue weighted by atomic mass is 9.82. The van der Waals surface area contributed by atoms with E-state index in [1.54, 1.807) is 0 Å². The number of fused-ring (bicyclic) bond motifs is 1. The molecule has 0 saturated carbocycles. The summed E-state index contributed by atoms with van der Waals surface area (Å²) in [5.74, 6) is 0.881. The maximum absolute atomic E-state index is 6.21. The van der Waals surface area contributed by atoms with Crippen molar-refractivity contribution in [1.29, 1.82) is 0 Å². The minimum Gasteiger partial charge on any atom is -0.490 e. The molecule has 0 radical (unpaired) electrons.